The Morgan fingerprint density at radius 2 is 2.19 bits per heavy atom. The van der Waals surface area contributed by atoms with Crippen LogP contribution in [0.2, 0.25) is 5.02 Å². The first-order chi connectivity index (χ1) is 17.5. The third kappa shape index (κ3) is 6.46. The normalized spacial score (nSPS) is 16.1. The van der Waals surface area contributed by atoms with E-state index in [1.54, 1.807) is 24.3 Å². The van der Waals surface area contributed by atoms with Crippen LogP contribution in [0.15, 0.2) is 48.8 Å². The average Bonchev–Trinajstić information content (AvgIpc) is 3.32. The summed E-state index contributed by atoms with van der Waals surface area (Å²) < 4.78 is 24.5. The molecule has 11 heteroatoms. The van der Waals surface area contributed by atoms with E-state index in [4.69, 9.17) is 26.2 Å². The van der Waals surface area contributed by atoms with Gasteiger partial charge in [0.2, 0.25) is 5.91 Å². The van der Waals surface area contributed by atoms with Crippen molar-refractivity contribution in [1.29, 1.82) is 0 Å². The number of aliphatic hydroxyl groups excluding tert-OH is 1. The molecule has 0 aliphatic carbocycles. The Hall–Kier alpha value is -3.31. The molecule has 0 saturated carbocycles. The van der Waals surface area contributed by atoms with Crippen molar-refractivity contribution >= 4 is 45.6 Å². The summed E-state index contributed by atoms with van der Waals surface area (Å²) in [6.07, 6.45) is 5.68. The lowest BCUT2D eigenvalue weighted by Gasteiger charge is -2.14. The molecule has 1 saturated heterocycles. The lowest BCUT2D eigenvalue weighted by molar-refractivity contribution is -0.111. The van der Waals surface area contributed by atoms with E-state index in [1.807, 2.05) is 0 Å². The number of amides is 1. The van der Waals surface area contributed by atoms with Crippen LogP contribution >= 0.6 is 11.6 Å². The number of aromatic nitrogens is 2. The summed E-state index contributed by atoms with van der Waals surface area (Å²) in [4.78, 5) is 23.4. The first-order valence-electron chi connectivity index (χ1n) is 11.4. The van der Waals surface area contributed by atoms with E-state index in [1.165, 1.54) is 31.6 Å². The Morgan fingerprint density at radius 1 is 1.33 bits per heavy atom. The molecule has 1 aromatic heterocycles. The molecule has 1 aliphatic heterocycles. The quantitative estimate of drug-likeness (QED) is 0.350. The predicted octanol–water partition coefficient (Wildman–Crippen LogP) is 3.75. The summed E-state index contributed by atoms with van der Waals surface area (Å²) in [5, 5.41) is 15.5. The molecule has 1 amide bonds. The number of aliphatic hydroxyl groups is 1. The molecule has 0 bridgehead atoms. The number of fused-ring (bicyclic) bond motifs is 1. The van der Waals surface area contributed by atoms with E-state index in [9.17, 15) is 9.18 Å². The first-order valence-corrected chi connectivity index (χ1v) is 11.8. The van der Waals surface area contributed by atoms with Gasteiger partial charge in [-0.3, -0.25) is 9.69 Å². The van der Waals surface area contributed by atoms with Crippen LogP contribution in [0, 0.1) is 5.82 Å². The minimum Gasteiger partial charge on any atom is -0.494 e. The lowest BCUT2D eigenvalue weighted by atomic mass is 10.1. The maximum atomic E-state index is 13.5. The van der Waals surface area contributed by atoms with Crippen LogP contribution in [0.1, 0.15) is 6.42 Å². The molecule has 2 aromatic carbocycles. The fraction of sp³-hybridized carbons (Fsp3) is 0.320. The molecule has 1 unspecified atom stereocenters. The number of halogens is 2. The highest BCUT2D eigenvalue weighted by Gasteiger charge is 2.21. The maximum absolute atomic E-state index is 13.5. The first kappa shape index (κ1) is 25.8. The number of hydrogen-bond acceptors (Lipinski definition) is 8. The monoisotopic (exact) mass is 515 g/mol. The van der Waals surface area contributed by atoms with Gasteiger partial charge in [-0.05, 0) is 30.7 Å². The number of nitrogens with zero attached hydrogens (tertiary/aromatic N) is 3. The Labute approximate surface area is 212 Å². The van der Waals surface area contributed by atoms with Crippen molar-refractivity contribution in [3.63, 3.8) is 0 Å². The SMILES string of the molecule is COc1cc2ncnc(Nc3ccc(F)c(Cl)c3)c2cc1NC(=O)/C=C/CN1CCC(OCCO)C1. The molecular weight excluding hydrogens is 489 g/mol. The highest BCUT2D eigenvalue weighted by atomic mass is 35.5. The summed E-state index contributed by atoms with van der Waals surface area (Å²) in [6, 6.07) is 7.70. The van der Waals surface area contributed by atoms with E-state index in [2.05, 4.69) is 25.5 Å². The molecule has 0 spiro atoms. The van der Waals surface area contributed by atoms with Crippen molar-refractivity contribution < 1.29 is 23.8 Å². The highest BCUT2D eigenvalue weighted by Crippen LogP contribution is 2.33. The van der Waals surface area contributed by atoms with Gasteiger partial charge in [-0.25, -0.2) is 14.4 Å². The van der Waals surface area contributed by atoms with Crippen molar-refractivity contribution in [2.45, 2.75) is 12.5 Å². The van der Waals surface area contributed by atoms with Crippen LogP contribution in [0.3, 0.4) is 0 Å². The van der Waals surface area contributed by atoms with Crippen LogP contribution in [0.4, 0.5) is 21.6 Å². The Balaban J connectivity index is 1.46. The summed E-state index contributed by atoms with van der Waals surface area (Å²) >= 11 is 5.89. The molecule has 3 N–H and O–H groups in total. The number of ether oxygens (including phenoxy) is 2. The van der Waals surface area contributed by atoms with Gasteiger partial charge >= 0.3 is 0 Å². The van der Waals surface area contributed by atoms with Gasteiger partial charge in [0.05, 0.1) is 42.7 Å². The number of rotatable bonds is 10. The van der Waals surface area contributed by atoms with Gasteiger partial charge < -0.3 is 25.2 Å². The summed E-state index contributed by atoms with van der Waals surface area (Å²) in [7, 11) is 1.51. The van der Waals surface area contributed by atoms with Crippen LogP contribution < -0.4 is 15.4 Å². The van der Waals surface area contributed by atoms with Gasteiger partial charge in [-0.2, -0.15) is 0 Å². The predicted molar refractivity (Wildman–Crippen MR) is 136 cm³/mol. The number of benzene rings is 2. The molecule has 9 nitrogen and oxygen atoms in total. The Morgan fingerprint density at radius 3 is 2.97 bits per heavy atom. The molecule has 2 heterocycles. The number of carbonyl (C=O) groups excluding carboxylic acids is 1. The lowest BCUT2D eigenvalue weighted by Crippen LogP contribution is -2.24. The van der Waals surface area contributed by atoms with Gasteiger partial charge in [-0.15, -0.1) is 0 Å². The van der Waals surface area contributed by atoms with Gasteiger partial charge in [0.15, 0.2) is 0 Å². The minimum absolute atomic E-state index is 0.0121. The number of carbonyl (C=O) groups is 1. The van der Waals surface area contributed by atoms with Crippen LogP contribution in [0.5, 0.6) is 5.75 Å². The molecule has 3 aromatic rings. The van der Waals surface area contributed by atoms with Gasteiger partial charge in [0.25, 0.3) is 0 Å². The summed E-state index contributed by atoms with van der Waals surface area (Å²) in [6.45, 7) is 2.60. The number of hydrogen-bond donors (Lipinski definition) is 3. The van der Waals surface area contributed by atoms with E-state index < -0.39 is 5.82 Å². The van der Waals surface area contributed by atoms with Crippen LogP contribution in [-0.4, -0.2) is 71.9 Å². The molecular formula is C25H27ClFN5O4. The Kier molecular flexibility index (Phi) is 8.65. The van der Waals surface area contributed by atoms with E-state index >= 15 is 0 Å². The van der Waals surface area contributed by atoms with Crippen molar-refractivity contribution in [1.82, 2.24) is 14.9 Å². The van der Waals surface area contributed by atoms with Crippen LogP contribution in [-0.2, 0) is 9.53 Å². The number of likely N-dealkylation sites (tertiary alicyclic amines) is 1. The smallest absolute Gasteiger partial charge is 0.248 e. The standard InChI is InChI=1S/C25H27ClFN5O4/c1-35-23-13-21-18(25(29-15-28-21)30-16-4-5-20(27)19(26)11-16)12-22(23)31-24(34)3-2-7-32-8-6-17(14-32)36-10-9-33/h2-5,11-13,15,17,33H,6-10,14H2,1H3,(H,31,34)(H,28,29,30)/b3-2+. The molecule has 190 valence electrons. The van der Waals surface area contributed by atoms with E-state index in [0.29, 0.717) is 47.0 Å². The van der Waals surface area contributed by atoms with E-state index in [-0.39, 0.29) is 23.6 Å². The topological polar surface area (TPSA) is 109 Å². The highest BCUT2D eigenvalue weighted by molar-refractivity contribution is 6.31. The van der Waals surface area contributed by atoms with Crippen molar-refractivity contribution in [2.75, 3.05) is 50.6 Å². The van der Waals surface area contributed by atoms with Crippen LogP contribution in [0.25, 0.3) is 10.9 Å². The molecule has 1 fully saturated rings. The van der Waals surface area contributed by atoms with Gasteiger partial charge in [0, 0.05) is 42.9 Å². The minimum atomic E-state index is -0.517. The average molecular weight is 516 g/mol. The fourth-order valence-corrected chi connectivity index (χ4v) is 4.14. The second-order valence-electron chi connectivity index (χ2n) is 8.20. The van der Waals surface area contributed by atoms with Gasteiger partial charge in [0.1, 0.15) is 23.7 Å². The molecule has 36 heavy (non-hydrogen) atoms. The second-order valence-corrected chi connectivity index (χ2v) is 8.61. The summed E-state index contributed by atoms with van der Waals surface area (Å²) in [5.74, 6) is 0.0826. The largest absolute Gasteiger partial charge is 0.494 e. The van der Waals surface area contributed by atoms with Crippen molar-refractivity contribution in [2.24, 2.45) is 0 Å². The van der Waals surface area contributed by atoms with E-state index in [0.717, 1.165) is 19.5 Å². The Bertz CT molecular complexity index is 1260. The van der Waals surface area contributed by atoms with Crippen molar-refractivity contribution in [3.05, 3.63) is 59.7 Å². The van der Waals surface area contributed by atoms with Crippen molar-refractivity contribution in [3.8, 4) is 5.75 Å². The zero-order chi connectivity index (χ0) is 25.5. The fourth-order valence-electron chi connectivity index (χ4n) is 3.96. The third-order valence-electron chi connectivity index (χ3n) is 5.70. The second kappa shape index (κ2) is 12.1. The molecule has 1 aliphatic rings. The number of nitrogens with one attached hydrogen (secondary N) is 2. The maximum Gasteiger partial charge on any atom is 0.248 e. The zero-order valence-corrected chi connectivity index (χ0v) is 20.5. The number of methoxy groups -OCH3 is 1. The molecule has 4 rings (SSSR count). The van der Waals surface area contributed by atoms with Gasteiger partial charge in [-0.1, -0.05) is 17.7 Å². The zero-order valence-electron chi connectivity index (χ0n) is 19.7. The number of anilines is 3. The third-order valence-corrected chi connectivity index (χ3v) is 5.99. The molecule has 0 radical (unpaired) electrons. The molecule has 1 atom stereocenters. The summed E-state index contributed by atoms with van der Waals surface area (Å²) in [5.41, 5.74) is 1.60.